The molecule has 1 aromatic heterocycles. The lowest BCUT2D eigenvalue weighted by Gasteiger charge is -2.05. The highest BCUT2D eigenvalue weighted by molar-refractivity contribution is 14.1. The average Bonchev–Trinajstić information content (AvgIpc) is 2.75. The van der Waals surface area contributed by atoms with Crippen molar-refractivity contribution >= 4 is 28.6 Å². The van der Waals surface area contributed by atoms with E-state index in [-0.39, 0.29) is 0 Å². The summed E-state index contributed by atoms with van der Waals surface area (Å²) < 4.78 is 12.3. The number of carbonyl (C=O) groups excluding carboxylic acids is 1. The van der Waals surface area contributed by atoms with E-state index in [1.807, 2.05) is 31.2 Å². The molecule has 100 valence electrons. The second kappa shape index (κ2) is 5.60. The number of hydrogen-bond acceptors (Lipinski definition) is 4. The molecule has 0 aliphatic carbocycles. The van der Waals surface area contributed by atoms with Gasteiger partial charge < -0.3 is 9.47 Å². The summed E-state index contributed by atoms with van der Waals surface area (Å²) in [7, 11) is 2.96. The summed E-state index contributed by atoms with van der Waals surface area (Å²) in [6.45, 7) is 1.91. The van der Waals surface area contributed by atoms with E-state index in [9.17, 15) is 4.79 Å². The van der Waals surface area contributed by atoms with Crippen LogP contribution in [0.25, 0.3) is 5.69 Å². The van der Waals surface area contributed by atoms with Crippen LogP contribution in [0.4, 0.5) is 0 Å². The topological polar surface area (TPSA) is 53.3 Å². The van der Waals surface area contributed by atoms with Crippen LogP contribution in [0.2, 0.25) is 0 Å². The number of ether oxygens (including phenoxy) is 2. The molecule has 0 bridgehead atoms. The lowest BCUT2D eigenvalue weighted by Crippen LogP contribution is -2.05. The van der Waals surface area contributed by atoms with Crippen LogP contribution in [0.15, 0.2) is 24.3 Å². The summed E-state index contributed by atoms with van der Waals surface area (Å²) in [6.07, 6.45) is 0. The van der Waals surface area contributed by atoms with Gasteiger partial charge >= 0.3 is 5.97 Å². The first kappa shape index (κ1) is 13.9. The predicted octanol–water partition coefficient (Wildman–Crippen LogP) is 2.58. The van der Waals surface area contributed by atoms with Gasteiger partial charge in [0.05, 0.1) is 29.2 Å². The van der Waals surface area contributed by atoms with Crippen molar-refractivity contribution in [3.63, 3.8) is 0 Å². The first-order valence-electron chi connectivity index (χ1n) is 5.56. The third-order valence-corrected chi connectivity index (χ3v) is 4.03. The number of hydrogen-bond donors (Lipinski definition) is 0. The van der Waals surface area contributed by atoms with Crippen molar-refractivity contribution in [1.29, 1.82) is 0 Å². The van der Waals surface area contributed by atoms with Gasteiger partial charge in [-0.15, -0.1) is 0 Å². The SMILES string of the molecule is COC(=O)c1nn(-c2ccc(OC)cc2)c(C)c1I. The number of aromatic nitrogens is 2. The molecule has 6 heteroatoms. The first-order chi connectivity index (χ1) is 9.08. The zero-order valence-corrected chi connectivity index (χ0v) is 13.0. The third-order valence-electron chi connectivity index (χ3n) is 2.74. The maximum absolute atomic E-state index is 11.6. The number of nitrogens with zero attached hydrogens (tertiary/aromatic N) is 2. The Labute approximate surface area is 124 Å². The summed E-state index contributed by atoms with van der Waals surface area (Å²) in [5.41, 5.74) is 2.09. The van der Waals surface area contributed by atoms with Gasteiger partial charge in [-0.1, -0.05) is 0 Å². The van der Waals surface area contributed by atoms with Crippen LogP contribution >= 0.6 is 22.6 Å². The Morgan fingerprint density at radius 2 is 1.89 bits per heavy atom. The maximum atomic E-state index is 11.6. The molecular formula is C13H13IN2O3. The molecule has 19 heavy (non-hydrogen) atoms. The van der Waals surface area contributed by atoms with Crippen LogP contribution in [-0.4, -0.2) is 30.0 Å². The van der Waals surface area contributed by atoms with Crippen LogP contribution in [0.3, 0.4) is 0 Å². The van der Waals surface area contributed by atoms with Gasteiger partial charge in [0, 0.05) is 0 Å². The highest BCUT2D eigenvalue weighted by Gasteiger charge is 2.20. The zero-order chi connectivity index (χ0) is 14.0. The number of benzene rings is 1. The van der Waals surface area contributed by atoms with Crippen molar-refractivity contribution in [2.75, 3.05) is 14.2 Å². The van der Waals surface area contributed by atoms with E-state index in [0.29, 0.717) is 5.69 Å². The minimum Gasteiger partial charge on any atom is -0.497 e. The molecule has 0 saturated carbocycles. The molecule has 2 rings (SSSR count). The summed E-state index contributed by atoms with van der Waals surface area (Å²) in [4.78, 5) is 11.6. The smallest absolute Gasteiger partial charge is 0.359 e. The lowest BCUT2D eigenvalue weighted by molar-refractivity contribution is 0.0592. The van der Waals surface area contributed by atoms with Gasteiger partial charge in [-0.2, -0.15) is 5.10 Å². The Bertz CT molecular complexity index is 605. The van der Waals surface area contributed by atoms with Gasteiger partial charge in [-0.3, -0.25) is 0 Å². The highest BCUT2D eigenvalue weighted by atomic mass is 127. The zero-order valence-electron chi connectivity index (χ0n) is 10.8. The average molecular weight is 372 g/mol. The molecule has 0 spiro atoms. The van der Waals surface area contributed by atoms with Crippen LogP contribution < -0.4 is 4.74 Å². The molecule has 0 atom stereocenters. The van der Waals surface area contributed by atoms with Gasteiger partial charge in [-0.05, 0) is 53.8 Å². The van der Waals surface area contributed by atoms with Crippen LogP contribution in [0, 0.1) is 10.5 Å². The van der Waals surface area contributed by atoms with Crippen LogP contribution in [-0.2, 0) is 4.74 Å². The summed E-state index contributed by atoms with van der Waals surface area (Å²) in [6, 6.07) is 7.47. The molecule has 1 heterocycles. The summed E-state index contributed by atoms with van der Waals surface area (Å²) >= 11 is 2.10. The molecule has 0 unspecified atom stereocenters. The van der Waals surface area contributed by atoms with E-state index in [1.165, 1.54) is 7.11 Å². The van der Waals surface area contributed by atoms with E-state index >= 15 is 0 Å². The molecular weight excluding hydrogens is 359 g/mol. The van der Waals surface area contributed by atoms with E-state index in [2.05, 4.69) is 27.7 Å². The van der Waals surface area contributed by atoms with Gasteiger partial charge in [0.2, 0.25) is 0 Å². The fourth-order valence-electron chi connectivity index (χ4n) is 1.69. The Morgan fingerprint density at radius 3 is 2.42 bits per heavy atom. The van der Waals surface area contributed by atoms with E-state index < -0.39 is 5.97 Å². The predicted molar refractivity (Wildman–Crippen MR) is 78.9 cm³/mol. The Morgan fingerprint density at radius 1 is 1.26 bits per heavy atom. The number of rotatable bonds is 3. The molecule has 0 saturated heterocycles. The van der Waals surface area contributed by atoms with Gasteiger partial charge in [-0.25, -0.2) is 9.48 Å². The molecule has 0 fully saturated rings. The Hall–Kier alpha value is -1.57. The highest BCUT2D eigenvalue weighted by Crippen LogP contribution is 2.22. The fraction of sp³-hybridized carbons (Fsp3) is 0.231. The minimum atomic E-state index is -0.431. The molecule has 0 aliphatic rings. The molecule has 0 radical (unpaired) electrons. The van der Waals surface area contributed by atoms with Gasteiger partial charge in [0.25, 0.3) is 0 Å². The molecule has 2 aromatic rings. The molecule has 0 amide bonds. The van der Waals surface area contributed by atoms with E-state index in [0.717, 1.165) is 20.7 Å². The van der Waals surface area contributed by atoms with Crippen molar-refractivity contribution in [2.24, 2.45) is 0 Å². The third kappa shape index (κ3) is 2.58. The van der Waals surface area contributed by atoms with Crippen molar-refractivity contribution in [3.05, 3.63) is 39.2 Å². The van der Waals surface area contributed by atoms with E-state index in [1.54, 1.807) is 11.8 Å². The number of halogens is 1. The van der Waals surface area contributed by atoms with Crippen molar-refractivity contribution in [1.82, 2.24) is 9.78 Å². The Balaban J connectivity index is 2.47. The monoisotopic (exact) mass is 372 g/mol. The molecule has 5 nitrogen and oxygen atoms in total. The Kier molecular flexibility index (Phi) is 4.08. The quantitative estimate of drug-likeness (QED) is 0.614. The summed E-state index contributed by atoms with van der Waals surface area (Å²) in [5, 5.41) is 4.30. The lowest BCUT2D eigenvalue weighted by atomic mass is 10.3. The second-order valence-corrected chi connectivity index (χ2v) is 4.93. The van der Waals surface area contributed by atoms with Crippen LogP contribution in [0.5, 0.6) is 5.75 Å². The number of methoxy groups -OCH3 is 2. The molecule has 1 aromatic carbocycles. The standard InChI is InChI=1S/C13H13IN2O3/c1-8-11(14)12(13(17)19-3)15-16(8)9-4-6-10(18-2)7-5-9/h4-7H,1-3H3. The fourth-order valence-corrected chi connectivity index (χ4v) is 2.24. The maximum Gasteiger partial charge on any atom is 0.359 e. The second-order valence-electron chi connectivity index (χ2n) is 3.85. The van der Waals surface area contributed by atoms with Gasteiger partial charge in [0.15, 0.2) is 5.69 Å². The van der Waals surface area contributed by atoms with Gasteiger partial charge in [0.1, 0.15) is 5.75 Å². The molecule has 0 aliphatic heterocycles. The minimum absolute atomic E-state index is 0.330. The number of carbonyl (C=O) groups is 1. The largest absolute Gasteiger partial charge is 0.497 e. The van der Waals surface area contributed by atoms with Crippen molar-refractivity contribution < 1.29 is 14.3 Å². The van der Waals surface area contributed by atoms with Crippen molar-refractivity contribution in [3.8, 4) is 11.4 Å². The first-order valence-corrected chi connectivity index (χ1v) is 6.64. The normalized spacial score (nSPS) is 10.3. The van der Waals surface area contributed by atoms with Crippen molar-refractivity contribution in [2.45, 2.75) is 6.92 Å². The summed E-state index contributed by atoms with van der Waals surface area (Å²) in [5.74, 6) is 0.344. The number of esters is 1. The van der Waals surface area contributed by atoms with Crippen LogP contribution in [0.1, 0.15) is 16.2 Å². The molecule has 0 N–H and O–H groups in total. The van der Waals surface area contributed by atoms with E-state index in [4.69, 9.17) is 9.47 Å².